The topological polar surface area (TPSA) is 137 Å². The van der Waals surface area contributed by atoms with Gasteiger partial charge >= 0.3 is 0 Å². The van der Waals surface area contributed by atoms with Crippen LogP contribution in [0.4, 0.5) is 11.4 Å². The maximum atomic E-state index is 11.4. The Kier molecular flexibility index (Phi) is 11.3. The van der Waals surface area contributed by atoms with Crippen LogP contribution >= 0.6 is 15.9 Å². The van der Waals surface area contributed by atoms with Gasteiger partial charge in [0.2, 0.25) is 11.8 Å². The number of nitrogen functional groups attached to an aromatic ring is 1. The zero-order chi connectivity index (χ0) is 24.1. The molecule has 2 aromatic rings. The monoisotopic (exact) mass is 522 g/mol. The zero-order valence-corrected chi connectivity index (χ0v) is 19.7. The molecule has 2 amide bonds. The van der Waals surface area contributed by atoms with Crippen LogP contribution < -0.4 is 11.1 Å². The van der Waals surface area contributed by atoms with Gasteiger partial charge in [0.25, 0.3) is 5.69 Å². The van der Waals surface area contributed by atoms with Gasteiger partial charge in [-0.05, 0) is 23.3 Å². The number of nitrogens with zero attached hydrogens (tertiary/aromatic N) is 2. The number of nitrogens with two attached hydrogens (primary N) is 1. The molecule has 2 fully saturated rings. The molecule has 0 spiro atoms. The molecule has 0 aliphatic carbocycles. The van der Waals surface area contributed by atoms with E-state index in [2.05, 4.69) is 21.2 Å². The fourth-order valence-electron chi connectivity index (χ4n) is 2.75. The molecule has 178 valence electrons. The highest BCUT2D eigenvalue weighted by atomic mass is 79.9. The molecule has 2 saturated heterocycles. The average molecular weight is 523 g/mol. The summed E-state index contributed by atoms with van der Waals surface area (Å²) in [4.78, 5) is 33.3. The van der Waals surface area contributed by atoms with E-state index >= 15 is 0 Å². The number of nitro benzene ring substituents is 1. The Morgan fingerprint density at radius 1 is 1.00 bits per heavy atom. The molecule has 11 heteroatoms. The Morgan fingerprint density at radius 3 is 2.12 bits per heavy atom. The first-order valence-corrected chi connectivity index (χ1v) is 11.3. The van der Waals surface area contributed by atoms with Crippen LogP contribution in [0, 0.1) is 10.1 Å². The lowest BCUT2D eigenvalue weighted by Gasteiger charge is -2.26. The summed E-state index contributed by atoms with van der Waals surface area (Å²) in [5.41, 5.74) is 8.60. The molecule has 2 aliphatic rings. The number of ether oxygens (including phenoxy) is 2. The highest BCUT2D eigenvalue weighted by Crippen LogP contribution is 2.13. The van der Waals surface area contributed by atoms with Gasteiger partial charge in [-0.1, -0.05) is 40.2 Å². The minimum Gasteiger partial charge on any atom is -0.399 e. The van der Waals surface area contributed by atoms with Crippen LogP contribution in [0.25, 0.3) is 0 Å². The van der Waals surface area contributed by atoms with E-state index in [0.29, 0.717) is 32.8 Å². The average Bonchev–Trinajstić information content (AvgIpc) is 2.83. The van der Waals surface area contributed by atoms with Crippen molar-refractivity contribution in [1.82, 2.24) is 10.2 Å². The number of amides is 2. The fraction of sp³-hybridized carbons (Fsp3) is 0.364. The highest BCUT2D eigenvalue weighted by Gasteiger charge is 2.18. The minimum absolute atomic E-state index is 0.00810. The van der Waals surface area contributed by atoms with Crippen LogP contribution in [0.3, 0.4) is 0 Å². The van der Waals surface area contributed by atoms with Crippen molar-refractivity contribution in [2.75, 3.05) is 45.3 Å². The molecule has 0 aromatic heterocycles. The number of anilines is 1. The lowest BCUT2D eigenvalue weighted by atomic mass is 10.2. The van der Waals surface area contributed by atoms with Crippen molar-refractivity contribution in [2.45, 2.75) is 11.9 Å². The normalized spacial score (nSPS) is 15.4. The number of alkyl halides is 1. The number of non-ortho nitro benzene ring substituents is 1. The van der Waals surface area contributed by atoms with E-state index in [-0.39, 0.29) is 30.7 Å². The van der Waals surface area contributed by atoms with Crippen LogP contribution in [0.15, 0.2) is 48.5 Å². The maximum Gasteiger partial charge on any atom is 0.269 e. The summed E-state index contributed by atoms with van der Waals surface area (Å²) >= 11 is 3.25. The van der Waals surface area contributed by atoms with Crippen LogP contribution in [0.2, 0.25) is 0 Å². The summed E-state index contributed by atoms with van der Waals surface area (Å²) in [5, 5.41) is 13.5. The summed E-state index contributed by atoms with van der Waals surface area (Å²) < 4.78 is 9.83. The zero-order valence-electron chi connectivity index (χ0n) is 18.1. The van der Waals surface area contributed by atoms with E-state index in [1.807, 2.05) is 24.3 Å². The summed E-state index contributed by atoms with van der Waals surface area (Å²) in [6, 6.07) is 14.0. The van der Waals surface area contributed by atoms with Crippen molar-refractivity contribution >= 4 is 39.1 Å². The van der Waals surface area contributed by atoms with Gasteiger partial charge in [0.1, 0.15) is 13.2 Å². The Labute approximate surface area is 200 Å². The Balaban J connectivity index is 0.000000188. The molecular weight excluding hydrogens is 496 g/mol. The lowest BCUT2D eigenvalue weighted by Crippen LogP contribution is -2.40. The van der Waals surface area contributed by atoms with Gasteiger partial charge in [0.05, 0.1) is 18.1 Å². The van der Waals surface area contributed by atoms with E-state index in [4.69, 9.17) is 15.2 Å². The second-order valence-corrected chi connectivity index (χ2v) is 7.63. The van der Waals surface area contributed by atoms with E-state index in [1.54, 1.807) is 17.0 Å². The van der Waals surface area contributed by atoms with Gasteiger partial charge in [-0.15, -0.1) is 0 Å². The predicted molar refractivity (Wildman–Crippen MR) is 127 cm³/mol. The molecule has 0 saturated carbocycles. The molecule has 2 aliphatic heterocycles. The summed E-state index contributed by atoms with van der Waals surface area (Å²) in [6.45, 7) is 3.70. The Morgan fingerprint density at radius 2 is 1.64 bits per heavy atom. The molecule has 0 unspecified atom stereocenters. The van der Waals surface area contributed by atoms with Crippen molar-refractivity contribution in [3.05, 3.63) is 69.8 Å². The molecule has 4 rings (SSSR count). The van der Waals surface area contributed by atoms with Crippen molar-refractivity contribution < 1.29 is 24.0 Å². The number of hydrogen-bond donors (Lipinski definition) is 2. The molecule has 33 heavy (non-hydrogen) atoms. The van der Waals surface area contributed by atoms with E-state index < -0.39 is 4.92 Å². The predicted octanol–water partition coefficient (Wildman–Crippen LogP) is 2.25. The number of nitrogens with one attached hydrogen (secondary N) is 1. The number of benzene rings is 2. The van der Waals surface area contributed by atoms with E-state index in [1.165, 1.54) is 12.1 Å². The van der Waals surface area contributed by atoms with Crippen LogP contribution in [-0.4, -0.2) is 61.2 Å². The van der Waals surface area contributed by atoms with Crippen molar-refractivity contribution in [3.63, 3.8) is 0 Å². The standard InChI is InChI=1S/C11H14N2O2.C7H6BrNO2.C4H7NO2/c12-10-3-1-9(2-4-10)7-13-5-6-15-8-11(13)14;8-5-6-1-3-7(4-2-6)9(10)11;6-4-3-7-2-1-5-4/h1-4H,5-8,12H2;1-4H,5H2;1-3H2,(H,5,6). The molecule has 0 radical (unpaired) electrons. The third-order valence-corrected chi connectivity index (χ3v) is 5.19. The summed E-state index contributed by atoms with van der Waals surface area (Å²) in [7, 11) is 0. The first kappa shape index (κ1) is 26.2. The van der Waals surface area contributed by atoms with Gasteiger partial charge in [-0.25, -0.2) is 0 Å². The van der Waals surface area contributed by atoms with Crippen molar-refractivity contribution in [3.8, 4) is 0 Å². The minimum atomic E-state index is -0.405. The number of carbonyl (C=O) groups excluding carboxylic acids is 2. The summed E-state index contributed by atoms with van der Waals surface area (Å²) in [5.74, 6) is 0.0457. The molecule has 2 heterocycles. The highest BCUT2D eigenvalue weighted by molar-refractivity contribution is 9.08. The van der Waals surface area contributed by atoms with E-state index in [0.717, 1.165) is 22.1 Å². The molecule has 0 atom stereocenters. The number of hydrogen-bond acceptors (Lipinski definition) is 7. The molecule has 10 nitrogen and oxygen atoms in total. The van der Waals surface area contributed by atoms with Gasteiger partial charge in [-0.2, -0.15) is 0 Å². The second kappa shape index (κ2) is 14.2. The first-order valence-electron chi connectivity index (χ1n) is 10.2. The maximum absolute atomic E-state index is 11.4. The van der Waals surface area contributed by atoms with Gasteiger partial charge < -0.3 is 25.4 Å². The van der Waals surface area contributed by atoms with Crippen LogP contribution in [0.5, 0.6) is 0 Å². The SMILES string of the molecule is Nc1ccc(CN2CCOCC2=O)cc1.O=C1COCCN1.O=[N+]([O-])c1ccc(CBr)cc1. The van der Waals surface area contributed by atoms with E-state index in [9.17, 15) is 19.7 Å². The number of halogens is 1. The quantitative estimate of drug-likeness (QED) is 0.272. The number of morpholine rings is 2. The van der Waals surface area contributed by atoms with Gasteiger partial charge in [-0.3, -0.25) is 19.7 Å². The summed E-state index contributed by atoms with van der Waals surface area (Å²) in [6.07, 6.45) is 0. The first-order chi connectivity index (χ1) is 15.9. The third kappa shape index (κ3) is 9.98. The molecule has 3 N–H and O–H groups in total. The molecular formula is C22H27BrN4O6. The molecule has 2 aromatic carbocycles. The number of nitro groups is 1. The smallest absolute Gasteiger partial charge is 0.269 e. The third-order valence-electron chi connectivity index (χ3n) is 4.54. The number of carbonyl (C=O) groups is 2. The lowest BCUT2D eigenvalue weighted by molar-refractivity contribution is -0.384. The van der Waals surface area contributed by atoms with Gasteiger partial charge in [0.15, 0.2) is 0 Å². The van der Waals surface area contributed by atoms with Crippen LogP contribution in [0.1, 0.15) is 11.1 Å². The molecule has 0 bridgehead atoms. The van der Waals surface area contributed by atoms with Crippen molar-refractivity contribution in [1.29, 1.82) is 0 Å². The largest absolute Gasteiger partial charge is 0.399 e. The van der Waals surface area contributed by atoms with Crippen LogP contribution in [-0.2, 0) is 30.9 Å². The fourth-order valence-corrected chi connectivity index (χ4v) is 3.12. The Hall–Kier alpha value is -3.02. The van der Waals surface area contributed by atoms with Gasteiger partial charge in [0, 0.05) is 42.8 Å². The van der Waals surface area contributed by atoms with Crippen molar-refractivity contribution in [2.24, 2.45) is 0 Å². The Bertz CT molecular complexity index is 900. The second-order valence-electron chi connectivity index (χ2n) is 7.07. The number of rotatable bonds is 4.